The van der Waals surface area contributed by atoms with Crippen molar-refractivity contribution in [3.05, 3.63) is 0 Å². The van der Waals surface area contributed by atoms with Crippen LogP contribution < -0.4 is 10.6 Å². The predicted octanol–water partition coefficient (Wildman–Crippen LogP) is 1.65. The zero-order valence-electron chi connectivity index (χ0n) is 11.6. The smallest absolute Gasteiger partial charge is 0.321 e. The second-order valence-corrected chi connectivity index (χ2v) is 6.16. The Hall–Kier alpha value is -1.59. The normalized spacial score (nSPS) is 20.4. The van der Waals surface area contributed by atoms with Crippen molar-refractivity contribution < 1.29 is 19.5 Å². The van der Waals surface area contributed by atoms with E-state index in [-0.39, 0.29) is 18.7 Å². The Bertz CT molecular complexity index is 398. The van der Waals surface area contributed by atoms with E-state index in [0.717, 1.165) is 38.5 Å². The van der Waals surface area contributed by atoms with Crippen LogP contribution in [0.15, 0.2) is 0 Å². The Morgan fingerprint density at radius 1 is 1.10 bits per heavy atom. The zero-order valence-corrected chi connectivity index (χ0v) is 11.6. The molecule has 3 N–H and O–H groups in total. The summed E-state index contributed by atoms with van der Waals surface area (Å²) in [7, 11) is 0. The highest BCUT2D eigenvalue weighted by atomic mass is 16.4. The summed E-state index contributed by atoms with van der Waals surface area (Å²) in [5.41, 5.74) is -0.466. The summed E-state index contributed by atoms with van der Waals surface area (Å²) < 4.78 is 0. The summed E-state index contributed by atoms with van der Waals surface area (Å²) in [5.74, 6) is -0.691. The molecule has 0 atom stereocenters. The maximum Gasteiger partial charge on any atom is 0.321 e. The van der Waals surface area contributed by atoms with Crippen molar-refractivity contribution in [2.75, 3.05) is 6.54 Å². The number of hydrogen-bond acceptors (Lipinski definition) is 3. The molecule has 6 nitrogen and oxygen atoms in total. The van der Waals surface area contributed by atoms with E-state index in [0.29, 0.717) is 12.5 Å². The molecule has 0 unspecified atom stereocenters. The highest BCUT2D eigenvalue weighted by molar-refractivity contribution is 5.94. The Balaban J connectivity index is 1.78. The number of imide groups is 1. The molecule has 3 amide bonds. The summed E-state index contributed by atoms with van der Waals surface area (Å²) in [5, 5.41) is 13.9. The van der Waals surface area contributed by atoms with Crippen molar-refractivity contribution in [3.8, 4) is 0 Å². The fourth-order valence-electron chi connectivity index (χ4n) is 2.98. The number of carboxylic acids is 1. The predicted molar refractivity (Wildman–Crippen MR) is 72.0 cm³/mol. The van der Waals surface area contributed by atoms with Crippen LogP contribution in [-0.4, -0.2) is 29.6 Å². The molecule has 0 aromatic carbocycles. The van der Waals surface area contributed by atoms with E-state index in [1.54, 1.807) is 0 Å². The van der Waals surface area contributed by atoms with Gasteiger partial charge in [-0.1, -0.05) is 12.8 Å². The molecule has 6 heteroatoms. The lowest BCUT2D eigenvalue weighted by Gasteiger charge is -2.26. The molecule has 0 radical (unpaired) electrons. The van der Waals surface area contributed by atoms with Crippen molar-refractivity contribution in [2.45, 2.75) is 51.4 Å². The maximum absolute atomic E-state index is 11.9. The number of aliphatic carboxylic acids is 1. The fraction of sp³-hybridized carbons (Fsp3) is 0.786. The minimum absolute atomic E-state index is 0.00408. The third kappa shape index (κ3) is 4.51. The van der Waals surface area contributed by atoms with E-state index in [1.165, 1.54) is 0 Å². The Kier molecular flexibility index (Phi) is 4.62. The van der Waals surface area contributed by atoms with Crippen molar-refractivity contribution in [2.24, 2.45) is 11.3 Å². The average molecular weight is 282 g/mol. The SMILES string of the molecule is O=C(O)CC1(CC(=O)NC(=O)NCC2CC2)CCCC1. The third-order valence-electron chi connectivity index (χ3n) is 4.23. The number of amides is 3. The van der Waals surface area contributed by atoms with Gasteiger partial charge in [0.25, 0.3) is 0 Å². The maximum atomic E-state index is 11.9. The zero-order chi connectivity index (χ0) is 14.6. The van der Waals surface area contributed by atoms with Gasteiger partial charge in [0.1, 0.15) is 0 Å². The first-order valence-electron chi connectivity index (χ1n) is 7.29. The van der Waals surface area contributed by atoms with Crippen LogP contribution in [0.25, 0.3) is 0 Å². The molecular weight excluding hydrogens is 260 g/mol. The van der Waals surface area contributed by atoms with E-state index in [9.17, 15) is 14.4 Å². The molecule has 112 valence electrons. The Morgan fingerprint density at radius 3 is 2.30 bits per heavy atom. The van der Waals surface area contributed by atoms with Gasteiger partial charge >= 0.3 is 12.0 Å². The first kappa shape index (κ1) is 14.8. The second-order valence-electron chi connectivity index (χ2n) is 6.16. The molecule has 2 aliphatic rings. The van der Waals surface area contributed by atoms with Crippen LogP contribution in [0.2, 0.25) is 0 Å². The lowest BCUT2D eigenvalue weighted by molar-refractivity contribution is -0.140. The van der Waals surface area contributed by atoms with Crippen LogP contribution in [-0.2, 0) is 9.59 Å². The minimum Gasteiger partial charge on any atom is -0.481 e. The van der Waals surface area contributed by atoms with Gasteiger partial charge in [-0.25, -0.2) is 4.79 Å². The average Bonchev–Trinajstić information content (AvgIpc) is 3.07. The van der Waals surface area contributed by atoms with E-state index in [2.05, 4.69) is 10.6 Å². The van der Waals surface area contributed by atoms with Gasteiger partial charge in [-0.3, -0.25) is 14.9 Å². The van der Waals surface area contributed by atoms with Gasteiger partial charge < -0.3 is 10.4 Å². The molecule has 0 heterocycles. The summed E-state index contributed by atoms with van der Waals surface area (Å²) in [6.07, 6.45) is 5.79. The summed E-state index contributed by atoms with van der Waals surface area (Å²) in [4.78, 5) is 34.4. The summed E-state index contributed by atoms with van der Waals surface area (Å²) in [6, 6.07) is -0.467. The van der Waals surface area contributed by atoms with Crippen LogP contribution in [0.1, 0.15) is 51.4 Å². The first-order valence-corrected chi connectivity index (χ1v) is 7.29. The van der Waals surface area contributed by atoms with Gasteiger partial charge in [0.15, 0.2) is 0 Å². The molecule has 2 fully saturated rings. The topological polar surface area (TPSA) is 95.5 Å². The molecule has 0 aliphatic heterocycles. The molecule has 20 heavy (non-hydrogen) atoms. The quantitative estimate of drug-likeness (QED) is 0.690. The van der Waals surface area contributed by atoms with E-state index in [4.69, 9.17) is 5.11 Å². The van der Waals surface area contributed by atoms with E-state index >= 15 is 0 Å². The minimum atomic E-state index is -0.877. The summed E-state index contributed by atoms with van der Waals surface area (Å²) in [6.45, 7) is 0.610. The van der Waals surface area contributed by atoms with E-state index < -0.39 is 17.4 Å². The lowest BCUT2D eigenvalue weighted by Crippen LogP contribution is -2.42. The Morgan fingerprint density at radius 2 is 1.75 bits per heavy atom. The molecule has 0 saturated heterocycles. The van der Waals surface area contributed by atoms with Crippen LogP contribution in [0.3, 0.4) is 0 Å². The number of rotatable bonds is 6. The van der Waals surface area contributed by atoms with Crippen LogP contribution in [0, 0.1) is 11.3 Å². The second kappa shape index (κ2) is 6.24. The molecular formula is C14H22N2O4. The molecule has 0 bridgehead atoms. The molecule has 2 saturated carbocycles. The van der Waals surface area contributed by atoms with E-state index in [1.807, 2.05) is 0 Å². The van der Waals surface area contributed by atoms with Crippen molar-refractivity contribution in [1.29, 1.82) is 0 Å². The van der Waals surface area contributed by atoms with Crippen LogP contribution in [0.4, 0.5) is 4.79 Å². The number of urea groups is 1. The first-order chi connectivity index (χ1) is 9.49. The van der Waals surface area contributed by atoms with Gasteiger partial charge in [-0.2, -0.15) is 0 Å². The number of carbonyl (C=O) groups is 3. The standard InChI is InChI=1S/C14H22N2O4/c17-11(16-13(20)15-9-10-3-4-10)7-14(8-12(18)19)5-1-2-6-14/h10H,1-9H2,(H,18,19)(H2,15,16,17,20). The van der Waals surface area contributed by atoms with Gasteiger partial charge in [-0.15, -0.1) is 0 Å². The number of carboxylic acid groups (broad SMARTS) is 1. The third-order valence-corrected chi connectivity index (χ3v) is 4.23. The van der Waals surface area contributed by atoms with Crippen LogP contribution in [0.5, 0.6) is 0 Å². The lowest BCUT2D eigenvalue weighted by atomic mass is 9.79. The monoisotopic (exact) mass is 282 g/mol. The highest BCUT2D eigenvalue weighted by Crippen LogP contribution is 2.43. The molecule has 0 spiro atoms. The van der Waals surface area contributed by atoms with Gasteiger partial charge in [0, 0.05) is 13.0 Å². The van der Waals surface area contributed by atoms with Gasteiger partial charge in [0.2, 0.25) is 5.91 Å². The van der Waals surface area contributed by atoms with Crippen molar-refractivity contribution >= 4 is 17.9 Å². The molecule has 0 aromatic heterocycles. The largest absolute Gasteiger partial charge is 0.481 e. The van der Waals surface area contributed by atoms with Crippen molar-refractivity contribution in [3.63, 3.8) is 0 Å². The van der Waals surface area contributed by atoms with Gasteiger partial charge in [0.05, 0.1) is 6.42 Å². The molecule has 2 rings (SSSR count). The highest BCUT2D eigenvalue weighted by Gasteiger charge is 2.38. The van der Waals surface area contributed by atoms with Crippen molar-refractivity contribution in [1.82, 2.24) is 10.6 Å². The number of carbonyl (C=O) groups excluding carboxylic acids is 2. The molecule has 0 aromatic rings. The summed E-state index contributed by atoms with van der Waals surface area (Å²) >= 11 is 0. The fourth-order valence-corrected chi connectivity index (χ4v) is 2.98. The molecule has 2 aliphatic carbocycles. The van der Waals surface area contributed by atoms with Crippen LogP contribution >= 0.6 is 0 Å². The Labute approximate surface area is 118 Å². The number of nitrogens with one attached hydrogen (secondary N) is 2. The van der Waals surface area contributed by atoms with Gasteiger partial charge in [-0.05, 0) is 37.0 Å². The number of hydrogen-bond donors (Lipinski definition) is 3.